The van der Waals surface area contributed by atoms with Crippen LogP contribution in [0.2, 0.25) is 0 Å². The minimum atomic E-state index is 0.214. The number of hydrogen-bond donors (Lipinski definition) is 0. The monoisotopic (exact) mass is 401 g/mol. The van der Waals surface area contributed by atoms with Crippen molar-refractivity contribution >= 4 is 5.91 Å². The summed E-state index contributed by atoms with van der Waals surface area (Å²) >= 11 is 0. The highest BCUT2D eigenvalue weighted by molar-refractivity contribution is 5.78. The van der Waals surface area contributed by atoms with Crippen LogP contribution in [0.25, 0.3) is 0 Å². The standard InChI is InChI=1S/C24H39N3O2/c1-4-29-23-9-7-21(8-10-23)16-25(3)24(28)19-27-13-5-6-22(18-27)17-26-14-11-20(2)12-15-26/h7-10,20,22H,4-6,11-19H2,1-3H3. The van der Waals surface area contributed by atoms with Crippen LogP contribution in [0.4, 0.5) is 0 Å². The minimum absolute atomic E-state index is 0.214. The van der Waals surface area contributed by atoms with Gasteiger partial charge < -0.3 is 14.5 Å². The Morgan fingerprint density at radius 1 is 1.10 bits per heavy atom. The van der Waals surface area contributed by atoms with Gasteiger partial charge in [-0.25, -0.2) is 0 Å². The number of likely N-dealkylation sites (tertiary alicyclic amines) is 2. The predicted molar refractivity (Wildman–Crippen MR) is 118 cm³/mol. The van der Waals surface area contributed by atoms with E-state index in [0.29, 0.717) is 25.6 Å². The van der Waals surface area contributed by atoms with Crippen molar-refractivity contribution in [3.05, 3.63) is 29.8 Å². The highest BCUT2D eigenvalue weighted by Crippen LogP contribution is 2.22. The molecular formula is C24H39N3O2. The Kier molecular flexibility index (Phi) is 8.37. The molecule has 2 fully saturated rings. The average molecular weight is 402 g/mol. The second-order valence-electron chi connectivity index (χ2n) is 9.05. The molecule has 5 nitrogen and oxygen atoms in total. The SMILES string of the molecule is CCOc1ccc(CN(C)C(=O)CN2CCCC(CN3CCC(C)CC3)C2)cc1. The summed E-state index contributed by atoms with van der Waals surface area (Å²) in [4.78, 5) is 19.6. The van der Waals surface area contributed by atoms with Gasteiger partial charge in [-0.1, -0.05) is 19.1 Å². The van der Waals surface area contributed by atoms with Crippen LogP contribution in [0.1, 0.15) is 45.1 Å². The summed E-state index contributed by atoms with van der Waals surface area (Å²) in [5.41, 5.74) is 1.14. The van der Waals surface area contributed by atoms with Crippen molar-refractivity contribution in [3.8, 4) is 5.75 Å². The van der Waals surface area contributed by atoms with E-state index >= 15 is 0 Å². The van der Waals surface area contributed by atoms with Gasteiger partial charge in [0.25, 0.3) is 0 Å². The van der Waals surface area contributed by atoms with Gasteiger partial charge in [-0.05, 0) is 81.8 Å². The summed E-state index contributed by atoms with van der Waals surface area (Å²) in [5, 5.41) is 0. The van der Waals surface area contributed by atoms with Crippen molar-refractivity contribution in [1.82, 2.24) is 14.7 Å². The second kappa shape index (κ2) is 11.0. The number of nitrogens with zero attached hydrogens (tertiary/aromatic N) is 3. The number of likely N-dealkylation sites (N-methyl/N-ethyl adjacent to an activating group) is 1. The molecule has 0 aliphatic carbocycles. The molecule has 1 aromatic carbocycles. The predicted octanol–water partition coefficient (Wildman–Crippen LogP) is 3.49. The zero-order valence-corrected chi connectivity index (χ0v) is 18.6. The number of carbonyl (C=O) groups excluding carboxylic acids is 1. The van der Waals surface area contributed by atoms with Crippen LogP contribution < -0.4 is 4.74 Å². The van der Waals surface area contributed by atoms with Crippen molar-refractivity contribution in [2.45, 2.75) is 46.1 Å². The first kappa shape index (κ1) is 22.1. The van der Waals surface area contributed by atoms with Crippen LogP contribution in [0.3, 0.4) is 0 Å². The first-order chi connectivity index (χ1) is 14.0. The van der Waals surface area contributed by atoms with Crippen molar-refractivity contribution in [3.63, 3.8) is 0 Å². The van der Waals surface area contributed by atoms with E-state index in [4.69, 9.17) is 4.74 Å². The van der Waals surface area contributed by atoms with Crippen LogP contribution in [0.15, 0.2) is 24.3 Å². The van der Waals surface area contributed by atoms with Crippen molar-refractivity contribution < 1.29 is 9.53 Å². The topological polar surface area (TPSA) is 36.0 Å². The lowest BCUT2D eigenvalue weighted by atomic mass is 9.94. The van der Waals surface area contributed by atoms with E-state index < -0.39 is 0 Å². The molecule has 29 heavy (non-hydrogen) atoms. The molecule has 0 aromatic heterocycles. The summed E-state index contributed by atoms with van der Waals surface area (Å²) in [7, 11) is 1.91. The van der Waals surface area contributed by atoms with Gasteiger partial charge in [-0.15, -0.1) is 0 Å². The molecule has 3 rings (SSSR count). The summed E-state index contributed by atoms with van der Waals surface area (Å²) in [6.45, 7) is 12.0. The highest BCUT2D eigenvalue weighted by Gasteiger charge is 2.25. The first-order valence-electron chi connectivity index (χ1n) is 11.4. The first-order valence-corrected chi connectivity index (χ1v) is 11.4. The van der Waals surface area contributed by atoms with E-state index in [-0.39, 0.29) is 5.91 Å². The number of piperidine rings is 2. The number of rotatable bonds is 8. The summed E-state index contributed by atoms with van der Waals surface area (Å²) in [6.07, 6.45) is 5.19. The molecule has 0 N–H and O–H groups in total. The van der Waals surface area contributed by atoms with Crippen LogP contribution in [0, 0.1) is 11.8 Å². The van der Waals surface area contributed by atoms with Gasteiger partial charge in [0.2, 0.25) is 5.91 Å². The molecular weight excluding hydrogens is 362 g/mol. The van der Waals surface area contributed by atoms with Gasteiger partial charge in [-0.2, -0.15) is 0 Å². The number of amides is 1. The van der Waals surface area contributed by atoms with Crippen LogP contribution in [-0.4, -0.2) is 73.5 Å². The zero-order valence-electron chi connectivity index (χ0n) is 18.6. The van der Waals surface area contributed by atoms with Gasteiger partial charge >= 0.3 is 0 Å². The molecule has 2 aliphatic heterocycles. The summed E-state index contributed by atoms with van der Waals surface area (Å²) < 4.78 is 5.49. The van der Waals surface area contributed by atoms with E-state index in [2.05, 4.69) is 16.7 Å². The fourth-order valence-electron chi connectivity index (χ4n) is 4.59. The summed E-state index contributed by atoms with van der Waals surface area (Å²) in [5.74, 6) is 2.69. The number of carbonyl (C=O) groups is 1. The Balaban J connectivity index is 1.42. The molecule has 1 amide bonds. The fraction of sp³-hybridized carbons (Fsp3) is 0.708. The van der Waals surface area contributed by atoms with E-state index in [1.54, 1.807) is 0 Å². The van der Waals surface area contributed by atoms with Gasteiger partial charge in [0, 0.05) is 26.7 Å². The third-order valence-electron chi connectivity index (χ3n) is 6.43. The molecule has 0 radical (unpaired) electrons. The zero-order chi connectivity index (χ0) is 20.6. The van der Waals surface area contributed by atoms with E-state index in [9.17, 15) is 4.79 Å². The Labute approximate surface area is 177 Å². The molecule has 1 aromatic rings. The number of benzene rings is 1. The minimum Gasteiger partial charge on any atom is -0.494 e. The van der Waals surface area contributed by atoms with E-state index in [1.165, 1.54) is 45.3 Å². The third-order valence-corrected chi connectivity index (χ3v) is 6.43. The van der Waals surface area contributed by atoms with E-state index in [0.717, 1.165) is 30.3 Å². The molecule has 1 unspecified atom stereocenters. The van der Waals surface area contributed by atoms with Crippen LogP contribution in [0.5, 0.6) is 5.75 Å². The highest BCUT2D eigenvalue weighted by atomic mass is 16.5. The fourth-order valence-corrected chi connectivity index (χ4v) is 4.59. The molecule has 0 saturated carbocycles. The molecule has 0 spiro atoms. The molecule has 162 valence electrons. The maximum atomic E-state index is 12.8. The van der Waals surface area contributed by atoms with Gasteiger partial charge in [0.05, 0.1) is 13.2 Å². The maximum Gasteiger partial charge on any atom is 0.236 e. The molecule has 2 aliphatic rings. The van der Waals surface area contributed by atoms with E-state index in [1.807, 2.05) is 43.1 Å². The normalized spacial score (nSPS) is 21.8. The largest absolute Gasteiger partial charge is 0.494 e. The Hall–Kier alpha value is -1.59. The van der Waals surface area contributed by atoms with Gasteiger partial charge in [-0.3, -0.25) is 9.69 Å². The molecule has 0 bridgehead atoms. The molecule has 2 saturated heterocycles. The molecule has 5 heteroatoms. The number of hydrogen-bond acceptors (Lipinski definition) is 4. The Bertz CT molecular complexity index is 626. The van der Waals surface area contributed by atoms with Crippen molar-refractivity contribution in [2.75, 3.05) is 52.9 Å². The van der Waals surface area contributed by atoms with Gasteiger partial charge in [0.1, 0.15) is 5.75 Å². The Morgan fingerprint density at radius 2 is 1.83 bits per heavy atom. The average Bonchev–Trinajstić information content (AvgIpc) is 2.71. The third kappa shape index (κ3) is 7.00. The lowest BCUT2D eigenvalue weighted by Gasteiger charge is -2.38. The lowest BCUT2D eigenvalue weighted by molar-refractivity contribution is -0.132. The smallest absolute Gasteiger partial charge is 0.236 e. The van der Waals surface area contributed by atoms with Crippen molar-refractivity contribution in [1.29, 1.82) is 0 Å². The van der Waals surface area contributed by atoms with Crippen LogP contribution in [-0.2, 0) is 11.3 Å². The second-order valence-corrected chi connectivity index (χ2v) is 9.05. The quantitative estimate of drug-likeness (QED) is 0.668. The molecule has 1 atom stereocenters. The van der Waals surface area contributed by atoms with Crippen molar-refractivity contribution in [2.24, 2.45) is 11.8 Å². The van der Waals surface area contributed by atoms with Gasteiger partial charge in [0.15, 0.2) is 0 Å². The molecule has 2 heterocycles. The maximum absolute atomic E-state index is 12.8. The lowest BCUT2D eigenvalue weighted by Crippen LogP contribution is -2.46. The Morgan fingerprint density at radius 3 is 2.52 bits per heavy atom. The summed E-state index contributed by atoms with van der Waals surface area (Å²) in [6, 6.07) is 8.05. The number of ether oxygens (including phenoxy) is 1. The van der Waals surface area contributed by atoms with Crippen LogP contribution >= 0.6 is 0 Å².